The monoisotopic (exact) mass is 483 g/mol. The molecular weight excluding hydrogens is 462 g/mol. The Morgan fingerprint density at radius 1 is 1.16 bits per heavy atom. The van der Waals surface area contributed by atoms with Crippen molar-refractivity contribution in [2.45, 2.75) is 38.0 Å². The zero-order chi connectivity index (χ0) is 21.4. The van der Waals surface area contributed by atoms with Crippen molar-refractivity contribution >= 4 is 33.0 Å². The number of hydrogen-bond donors (Lipinski definition) is 0. The van der Waals surface area contributed by atoms with E-state index in [4.69, 9.17) is 19.2 Å². The summed E-state index contributed by atoms with van der Waals surface area (Å²) in [5.74, 6) is 2.78. The van der Waals surface area contributed by atoms with E-state index in [1.807, 2.05) is 12.1 Å². The van der Waals surface area contributed by atoms with Crippen LogP contribution in [0.4, 0.5) is 0 Å². The molecule has 0 atom stereocenters. The van der Waals surface area contributed by atoms with Gasteiger partial charge in [-0.25, -0.2) is 4.98 Å². The summed E-state index contributed by atoms with van der Waals surface area (Å²) >= 11 is 3.45. The minimum Gasteiger partial charge on any atom is -0.496 e. The summed E-state index contributed by atoms with van der Waals surface area (Å²) in [4.78, 5) is 18.3. The van der Waals surface area contributed by atoms with E-state index in [9.17, 15) is 4.79 Å². The first-order valence-electron chi connectivity index (χ1n) is 10.4. The molecule has 2 aromatic carbocycles. The molecule has 1 fully saturated rings. The van der Waals surface area contributed by atoms with Crippen LogP contribution in [0.25, 0.3) is 10.9 Å². The molecule has 1 aliphatic heterocycles. The van der Waals surface area contributed by atoms with Crippen molar-refractivity contribution in [1.29, 1.82) is 0 Å². The molecule has 0 N–H and O–H groups in total. The summed E-state index contributed by atoms with van der Waals surface area (Å²) in [6, 6.07) is 9.15. The van der Waals surface area contributed by atoms with Crippen LogP contribution in [0.15, 0.2) is 44.7 Å². The van der Waals surface area contributed by atoms with Crippen LogP contribution in [0.5, 0.6) is 17.2 Å². The van der Waals surface area contributed by atoms with Crippen molar-refractivity contribution in [2.24, 2.45) is 5.10 Å². The third-order valence-corrected chi connectivity index (χ3v) is 6.33. The van der Waals surface area contributed by atoms with Gasteiger partial charge in [0.2, 0.25) is 6.79 Å². The normalized spacial score (nSPS) is 16.3. The highest BCUT2D eigenvalue weighted by Gasteiger charge is 2.23. The molecule has 0 unspecified atom stereocenters. The Balaban J connectivity index is 1.64. The molecule has 1 aromatic heterocycles. The Morgan fingerprint density at radius 2 is 1.94 bits per heavy atom. The SMILES string of the molecule is COc1cc2c(cc1C=Nn1c(C3CCCCC3)nc3ccc(Br)cc3c1=O)OCO2. The van der Waals surface area contributed by atoms with Gasteiger partial charge < -0.3 is 14.2 Å². The van der Waals surface area contributed by atoms with E-state index in [0.29, 0.717) is 33.7 Å². The minimum atomic E-state index is -0.178. The number of methoxy groups -OCH3 is 1. The van der Waals surface area contributed by atoms with E-state index in [-0.39, 0.29) is 18.3 Å². The lowest BCUT2D eigenvalue weighted by Gasteiger charge is -2.22. The highest BCUT2D eigenvalue weighted by Crippen LogP contribution is 2.37. The van der Waals surface area contributed by atoms with Gasteiger partial charge in [-0.05, 0) is 37.1 Å². The Kier molecular flexibility index (Phi) is 5.40. The second-order valence-corrected chi connectivity index (χ2v) is 8.69. The predicted octanol–water partition coefficient (Wildman–Crippen LogP) is 4.83. The average Bonchev–Trinajstić information content (AvgIpc) is 3.26. The van der Waals surface area contributed by atoms with Crippen LogP contribution in [0, 0.1) is 0 Å². The average molecular weight is 484 g/mol. The number of rotatable bonds is 4. The Labute approximate surface area is 187 Å². The number of halogens is 1. The zero-order valence-corrected chi connectivity index (χ0v) is 18.7. The summed E-state index contributed by atoms with van der Waals surface area (Å²) in [5, 5.41) is 5.12. The van der Waals surface area contributed by atoms with Crippen LogP contribution in [-0.2, 0) is 0 Å². The molecule has 31 heavy (non-hydrogen) atoms. The van der Waals surface area contributed by atoms with Gasteiger partial charge in [-0.1, -0.05) is 35.2 Å². The molecule has 2 aliphatic rings. The molecule has 8 heteroatoms. The number of nitrogens with zero attached hydrogens (tertiary/aromatic N) is 3. The molecule has 5 rings (SSSR count). The van der Waals surface area contributed by atoms with Crippen LogP contribution in [-0.4, -0.2) is 29.8 Å². The number of hydrogen-bond acceptors (Lipinski definition) is 6. The van der Waals surface area contributed by atoms with E-state index in [1.165, 1.54) is 11.1 Å². The highest BCUT2D eigenvalue weighted by molar-refractivity contribution is 9.10. The Morgan fingerprint density at radius 3 is 2.71 bits per heavy atom. The van der Waals surface area contributed by atoms with E-state index >= 15 is 0 Å². The summed E-state index contributed by atoms with van der Waals surface area (Å²) in [5.41, 5.74) is 1.21. The fourth-order valence-electron chi connectivity index (χ4n) is 4.24. The number of aromatic nitrogens is 2. The lowest BCUT2D eigenvalue weighted by atomic mass is 9.88. The molecule has 7 nitrogen and oxygen atoms in total. The maximum atomic E-state index is 13.4. The maximum absolute atomic E-state index is 13.4. The van der Waals surface area contributed by atoms with Crippen molar-refractivity contribution in [3.8, 4) is 17.2 Å². The molecule has 1 saturated carbocycles. The minimum absolute atomic E-state index is 0.174. The zero-order valence-electron chi connectivity index (χ0n) is 17.1. The molecule has 2 heterocycles. The molecule has 1 aliphatic carbocycles. The highest BCUT2D eigenvalue weighted by atomic mass is 79.9. The first-order valence-corrected chi connectivity index (χ1v) is 11.2. The quantitative estimate of drug-likeness (QED) is 0.497. The Bertz CT molecular complexity index is 1230. The van der Waals surface area contributed by atoms with Gasteiger partial charge in [0.25, 0.3) is 5.56 Å². The molecular formula is C23H22BrN3O4. The molecule has 0 bridgehead atoms. The van der Waals surface area contributed by atoms with Gasteiger partial charge in [-0.3, -0.25) is 4.79 Å². The first-order chi connectivity index (χ1) is 15.1. The summed E-state index contributed by atoms with van der Waals surface area (Å²) in [7, 11) is 1.59. The van der Waals surface area contributed by atoms with Gasteiger partial charge in [0, 0.05) is 22.0 Å². The summed E-state index contributed by atoms with van der Waals surface area (Å²) in [6.45, 7) is 0.174. The van der Waals surface area contributed by atoms with Gasteiger partial charge >= 0.3 is 0 Å². The summed E-state index contributed by atoms with van der Waals surface area (Å²) in [6.07, 6.45) is 7.14. The van der Waals surface area contributed by atoms with Crippen molar-refractivity contribution in [2.75, 3.05) is 13.9 Å². The molecule has 0 radical (unpaired) electrons. The summed E-state index contributed by atoms with van der Waals surface area (Å²) < 4.78 is 18.7. The van der Waals surface area contributed by atoms with Gasteiger partial charge in [0.15, 0.2) is 11.5 Å². The van der Waals surface area contributed by atoms with Crippen LogP contribution in [0.1, 0.15) is 49.4 Å². The van der Waals surface area contributed by atoms with Crippen LogP contribution < -0.4 is 19.8 Å². The fourth-order valence-corrected chi connectivity index (χ4v) is 4.60. The Hall–Kier alpha value is -2.87. The molecule has 3 aromatic rings. The van der Waals surface area contributed by atoms with E-state index in [2.05, 4.69) is 21.0 Å². The molecule has 0 amide bonds. The van der Waals surface area contributed by atoms with Crippen molar-refractivity contribution < 1.29 is 14.2 Å². The lowest BCUT2D eigenvalue weighted by Crippen LogP contribution is -2.25. The number of benzene rings is 2. The third kappa shape index (κ3) is 3.80. The molecule has 0 spiro atoms. The van der Waals surface area contributed by atoms with E-state index < -0.39 is 0 Å². The van der Waals surface area contributed by atoms with Gasteiger partial charge in [-0.2, -0.15) is 9.78 Å². The molecule has 160 valence electrons. The maximum Gasteiger partial charge on any atom is 0.282 e. The van der Waals surface area contributed by atoms with Crippen molar-refractivity contribution in [1.82, 2.24) is 9.66 Å². The molecule has 0 saturated heterocycles. The van der Waals surface area contributed by atoms with Crippen molar-refractivity contribution in [3.63, 3.8) is 0 Å². The van der Waals surface area contributed by atoms with Crippen molar-refractivity contribution in [3.05, 3.63) is 56.5 Å². The van der Waals surface area contributed by atoms with Crippen LogP contribution in [0.2, 0.25) is 0 Å². The smallest absolute Gasteiger partial charge is 0.282 e. The van der Waals surface area contributed by atoms with E-state index in [1.54, 1.807) is 31.5 Å². The van der Waals surface area contributed by atoms with Gasteiger partial charge in [0.1, 0.15) is 11.6 Å². The second-order valence-electron chi connectivity index (χ2n) is 7.78. The van der Waals surface area contributed by atoms with Crippen LogP contribution >= 0.6 is 15.9 Å². The lowest BCUT2D eigenvalue weighted by molar-refractivity contribution is 0.174. The van der Waals surface area contributed by atoms with E-state index in [0.717, 1.165) is 36.0 Å². The van der Waals surface area contributed by atoms with Crippen LogP contribution in [0.3, 0.4) is 0 Å². The topological polar surface area (TPSA) is 74.9 Å². The fraction of sp³-hybridized carbons (Fsp3) is 0.348. The predicted molar refractivity (Wildman–Crippen MR) is 122 cm³/mol. The number of fused-ring (bicyclic) bond motifs is 2. The second kappa shape index (κ2) is 8.34. The first kappa shape index (κ1) is 20.1. The largest absolute Gasteiger partial charge is 0.496 e. The third-order valence-electron chi connectivity index (χ3n) is 5.84. The number of ether oxygens (including phenoxy) is 3. The van der Waals surface area contributed by atoms with Gasteiger partial charge in [-0.15, -0.1) is 0 Å². The standard InChI is InChI=1S/C23H22BrN3O4/c1-29-19-11-21-20(30-13-31-21)9-15(19)12-25-27-22(14-5-3-2-4-6-14)26-18-8-7-16(24)10-17(18)23(27)28/h7-12,14H,2-6,13H2,1H3. The van der Waals surface area contributed by atoms with Gasteiger partial charge in [0.05, 0.1) is 24.2 Å².